The van der Waals surface area contributed by atoms with E-state index in [1.54, 1.807) is 4.57 Å². The van der Waals surface area contributed by atoms with E-state index in [0.29, 0.717) is 12.2 Å². The van der Waals surface area contributed by atoms with E-state index in [2.05, 4.69) is 4.98 Å². The van der Waals surface area contributed by atoms with Gasteiger partial charge in [0.25, 0.3) is 5.92 Å². The minimum absolute atomic E-state index is 0.125. The monoisotopic (exact) mass is 223 g/mol. The van der Waals surface area contributed by atoms with Crippen molar-refractivity contribution in [3.63, 3.8) is 0 Å². The zero-order valence-corrected chi connectivity index (χ0v) is 8.56. The van der Waals surface area contributed by atoms with Gasteiger partial charge < -0.3 is 10.3 Å². The lowest BCUT2D eigenvalue weighted by Crippen LogP contribution is -2.31. The summed E-state index contributed by atoms with van der Waals surface area (Å²) in [4.78, 5) is 3.76. The number of alkyl halides is 2. The Morgan fingerprint density at radius 1 is 1.64 bits per heavy atom. The summed E-state index contributed by atoms with van der Waals surface area (Å²) in [6.45, 7) is 1.72. The molecule has 0 amide bonds. The lowest BCUT2D eigenvalue weighted by molar-refractivity contribution is 0.00978. The summed E-state index contributed by atoms with van der Waals surface area (Å²) in [5, 5.41) is 0.125. The molecule has 14 heavy (non-hydrogen) atoms. The number of rotatable bonds is 4. The Bertz CT molecular complexity index is 312. The first-order chi connectivity index (χ1) is 6.50. The highest BCUT2D eigenvalue weighted by Crippen LogP contribution is 2.23. The molecule has 0 spiro atoms. The van der Waals surface area contributed by atoms with Gasteiger partial charge in [-0.2, -0.15) is 0 Å². The quantitative estimate of drug-likeness (QED) is 0.844. The van der Waals surface area contributed by atoms with Crippen LogP contribution in [0, 0.1) is 0 Å². The molecule has 0 saturated carbocycles. The van der Waals surface area contributed by atoms with Gasteiger partial charge in [0, 0.05) is 6.54 Å². The number of imidazole rings is 1. The molecule has 0 aromatic carbocycles. The summed E-state index contributed by atoms with van der Waals surface area (Å²) in [5.74, 6) is -2.92. The Kier molecular flexibility index (Phi) is 3.44. The summed E-state index contributed by atoms with van der Waals surface area (Å²) < 4.78 is 27.6. The zero-order chi connectivity index (χ0) is 10.8. The van der Waals surface area contributed by atoms with Crippen LogP contribution in [0.4, 0.5) is 8.78 Å². The van der Waals surface area contributed by atoms with Crippen LogP contribution in [0.15, 0.2) is 6.33 Å². The molecule has 3 nitrogen and oxygen atoms in total. The average molecular weight is 224 g/mol. The summed E-state index contributed by atoms with van der Waals surface area (Å²) in [7, 11) is 0. The highest BCUT2D eigenvalue weighted by atomic mass is 35.5. The molecule has 1 aromatic heterocycles. The van der Waals surface area contributed by atoms with Gasteiger partial charge in [-0.3, -0.25) is 0 Å². The molecule has 0 fully saturated rings. The van der Waals surface area contributed by atoms with Crippen LogP contribution in [0.3, 0.4) is 0 Å². The second-order valence-electron chi connectivity index (χ2n) is 3.00. The van der Waals surface area contributed by atoms with Crippen molar-refractivity contribution in [3.05, 3.63) is 17.2 Å². The van der Waals surface area contributed by atoms with E-state index in [-0.39, 0.29) is 5.15 Å². The minimum atomic E-state index is -2.92. The number of hydrogen-bond donors (Lipinski definition) is 1. The van der Waals surface area contributed by atoms with E-state index in [9.17, 15) is 8.78 Å². The first-order valence-corrected chi connectivity index (χ1v) is 4.65. The van der Waals surface area contributed by atoms with Gasteiger partial charge >= 0.3 is 0 Å². The predicted octanol–water partition coefficient (Wildman–Crippen LogP) is 1.69. The maximum atomic E-state index is 13.0. The molecule has 1 aromatic rings. The molecule has 2 N–H and O–H groups in total. The maximum Gasteiger partial charge on any atom is 0.265 e. The van der Waals surface area contributed by atoms with Gasteiger partial charge in [0.2, 0.25) is 0 Å². The van der Waals surface area contributed by atoms with Crippen molar-refractivity contribution in [3.8, 4) is 0 Å². The zero-order valence-electron chi connectivity index (χ0n) is 7.80. The standard InChI is InChI=1S/C8H12ClF2N3/c1-2-14-5-13-7(9)6(14)3-8(10,11)4-12/h5H,2-4,12H2,1H3. The second-order valence-corrected chi connectivity index (χ2v) is 3.36. The first-order valence-electron chi connectivity index (χ1n) is 4.27. The van der Waals surface area contributed by atoms with Crippen molar-refractivity contribution in [2.45, 2.75) is 25.8 Å². The third kappa shape index (κ3) is 2.42. The normalized spacial score (nSPS) is 12.1. The van der Waals surface area contributed by atoms with Crippen molar-refractivity contribution in [2.75, 3.05) is 6.54 Å². The SMILES string of the molecule is CCn1cnc(Cl)c1CC(F)(F)CN. The van der Waals surface area contributed by atoms with Crippen LogP contribution < -0.4 is 5.73 Å². The van der Waals surface area contributed by atoms with Gasteiger partial charge in [0.05, 0.1) is 25.0 Å². The molecule has 0 bridgehead atoms. The number of aryl methyl sites for hydroxylation is 1. The number of nitrogens with two attached hydrogens (primary N) is 1. The Hall–Kier alpha value is -0.680. The number of nitrogens with zero attached hydrogens (tertiary/aromatic N) is 2. The van der Waals surface area contributed by atoms with Crippen LogP contribution in [-0.2, 0) is 13.0 Å². The van der Waals surface area contributed by atoms with Crippen LogP contribution >= 0.6 is 11.6 Å². The number of hydrogen-bond acceptors (Lipinski definition) is 2. The molecule has 1 heterocycles. The lowest BCUT2D eigenvalue weighted by atomic mass is 10.2. The minimum Gasteiger partial charge on any atom is -0.333 e. The van der Waals surface area contributed by atoms with Gasteiger partial charge in [-0.15, -0.1) is 0 Å². The Morgan fingerprint density at radius 3 is 2.79 bits per heavy atom. The van der Waals surface area contributed by atoms with Gasteiger partial charge in [-0.05, 0) is 6.92 Å². The van der Waals surface area contributed by atoms with Crippen molar-refractivity contribution in [1.29, 1.82) is 0 Å². The Labute approximate surface area is 85.9 Å². The van der Waals surface area contributed by atoms with Crippen molar-refractivity contribution < 1.29 is 8.78 Å². The Morgan fingerprint density at radius 2 is 2.29 bits per heavy atom. The second kappa shape index (κ2) is 4.23. The van der Waals surface area contributed by atoms with Crippen LogP contribution in [0.5, 0.6) is 0 Å². The van der Waals surface area contributed by atoms with E-state index in [0.717, 1.165) is 0 Å². The van der Waals surface area contributed by atoms with Crippen molar-refractivity contribution in [2.24, 2.45) is 5.73 Å². The van der Waals surface area contributed by atoms with Crippen LogP contribution in [0.1, 0.15) is 12.6 Å². The smallest absolute Gasteiger partial charge is 0.265 e. The Balaban J connectivity index is 2.89. The summed E-state index contributed by atoms with van der Waals surface area (Å²) in [6, 6.07) is 0. The summed E-state index contributed by atoms with van der Waals surface area (Å²) >= 11 is 5.68. The van der Waals surface area contributed by atoms with Gasteiger partial charge in [0.15, 0.2) is 0 Å². The lowest BCUT2D eigenvalue weighted by Gasteiger charge is -2.14. The third-order valence-electron chi connectivity index (χ3n) is 1.96. The van der Waals surface area contributed by atoms with Crippen molar-refractivity contribution in [1.82, 2.24) is 9.55 Å². The third-order valence-corrected chi connectivity index (χ3v) is 2.28. The molecule has 0 aliphatic carbocycles. The molecule has 0 atom stereocenters. The molecule has 0 aliphatic heterocycles. The van der Waals surface area contributed by atoms with E-state index < -0.39 is 18.9 Å². The van der Waals surface area contributed by atoms with E-state index in [4.69, 9.17) is 17.3 Å². The molecule has 0 unspecified atom stereocenters. The highest BCUT2D eigenvalue weighted by Gasteiger charge is 2.30. The van der Waals surface area contributed by atoms with Crippen LogP contribution in [-0.4, -0.2) is 22.0 Å². The molecule has 0 aliphatic rings. The molecule has 6 heteroatoms. The predicted molar refractivity (Wildman–Crippen MR) is 50.6 cm³/mol. The first kappa shape index (κ1) is 11.4. The fraction of sp³-hybridized carbons (Fsp3) is 0.625. The molecule has 1 rings (SSSR count). The van der Waals surface area contributed by atoms with E-state index >= 15 is 0 Å². The van der Waals surface area contributed by atoms with Crippen LogP contribution in [0.2, 0.25) is 5.15 Å². The van der Waals surface area contributed by atoms with Crippen molar-refractivity contribution >= 4 is 11.6 Å². The van der Waals surface area contributed by atoms with Gasteiger partial charge in [0.1, 0.15) is 5.15 Å². The van der Waals surface area contributed by atoms with Crippen LogP contribution in [0.25, 0.3) is 0 Å². The number of aromatic nitrogens is 2. The highest BCUT2D eigenvalue weighted by molar-refractivity contribution is 6.30. The topological polar surface area (TPSA) is 43.8 Å². The molecule has 80 valence electrons. The van der Waals surface area contributed by atoms with Gasteiger partial charge in [-0.25, -0.2) is 13.8 Å². The molecule has 0 radical (unpaired) electrons. The average Bonchev–Trinajstić information content (AvgIpc) is 2.48. The molecular formula is C8H12ClF2N3. The fourth-order valence-electron chi connectivity index (χ4n) is 1.15. The molecular weight excluding hydrogens is 212 g/mol. The van der Waals surface area contributed by atoms with E-state index in [1.807, 2.05) is 6.92 Å². The van der Waals surface area contributed by atoms with Gasteiger partial charge in [-0.1, -0.05) is 11.6 Å². The van der Waals surface area contributed by atoms with E-state index in [1.165, 1.54) is 6.33 Å². The summed E-state index contributed by atoms with van der Waals surface area (Å²) in [6.07, 6.45) is 0.987. The number of halogens is 3. The maximum absolute atomic E-state index is 13.0. The largest absolute Gasteiger partial charge is 0.333 e. The summed E-state index contributed by atoms with van der Waals surface area (Å²) in [5.41, 5.74) is 5.28. The molecule has 0 saturated heterocycles. The fourth-order valence-corrected chi connectivity index (χ4v) is 1.37.